The molecule has 16 heavy (non-hydrogen) atoms. The highest BCUT2D eigenvalue weighted by Crippen LogP contribution is 2.22. The van der Waals surface area contributed by atoms with E-state index in [4.69, 9.17) is 0 Å². The third kappa shape index (κ3) is 2.50. The van der Waals surface area contributed by atoms with Crippen molar-refractivity contribution in [3.63, 3.8) is 0 Å². The number of hydrogen-bond acceptors (Lipinski definition) is 4. The van der Waals surface area contributed by atoms with E-state index in [9.17, 15) is 0 Å². The van der Waals surface area contributed by atoms with Gasteiger partial charge in [-0.2, -0.15) is 0 Å². The predicted octanol–water partition coefficient (Wildman–Crippen LogP) is 2.37. The molecule has 4 nitrogen and oxygen atoms in total. The highest BCUT2D eigenvalue weighted by atomic mass is 15.6. The van der Waals surface area contributed by atoms with Gasteiger partial charge in [0.1, 0.15) is 0 Å². The van der Waals surface area contributed by atoms with Gasteiger partial charge in [0, 0.05) is 24.5 Å². The minimum absolute atomic E-state index is 0.550. The van der Waals surface area contributed by atoms with Crippen LogP contribution in [0.5, 0.6) is 0 Å². The molecule has 1 saturated heterocycles. The van der Waals surface area contributed by atoms with Crippen LogP contribution < -0.4 is 5.43 Å². The van der Waals surface area contributed by atoms with Crippen LogP contribution in [-0.2, 0) is 0 Å². The molecular weight excluding hydrogens is 200 g/mol. The highest BCUT2D eigenvalue weighted by Gasteiger charge is 2.24. The molecule has 2 atom stereocenters. The standard InChI is InChI=1S/C12H20N4/c1-9-7-13-12(14-8-9)15-16-10(2)5-4-6-11(16)3/h7-8,10-11H,4-6H2,1-3H3,(H,13,14,15). The van der Waals surface area contributed by atoms with Crippen LogP contribution in [0, 0.1) is 6.92 Å². The summed E-state index contributed by atoms with van der Waals surface area (Å²) in [5, 5.41) is 2.27. The third-order valence-electron chi connectivity index (χ3n) is 3.20. The molecule has 0 amide bonds. The van der Waals surface area contributed by atoms with Crippen molar-refractivity contribution >= 4 is 5.95 Å². The first-order valence-electron chi connectivity index (χ1n) is 6.00. The number of aromatic nitrogens is 2. The summed E-state index contributed by atoms with van der Waals surface area (Å²) in [6.45, 7) is 6.49. The molecule has 2 heterocycles. The van der Waals surface area contributed by atoms with Gasteiger partial charge in [0.15, 0.2) is 0 Å². The van der Waals surface area contributed by atoms with Gasteiger partial charge in [0.2, 0.25) is 5.95 Å². The van der Waals surface area contributed by atoms with Gasteiger partial charge in [-0.05, 0) is 39.2 Å². The normalized spacial score (nSPS) is 26.7. The van der Waals surface area contributed by atoms with Gasteiger partial charge < -0.3 is 0 Å². The van der Waals surface area contributed by atoms with Gasteiger partial charge in [-0.3, -0.25) is 5.43 Å². The number of nitrogens with one attached hydrogen (secondary N) is 1. The number of anilines is 1. The van der Waals surface area contributed by atoms with Crippen LogP contribution in [-0.4, -0.2) is 27.1 Å². The Balaban J connectivity index is 2.04. The van der Waals surface area contributed by atoms with Crippen molar-refractivity contribution in [3.05, 3.63) is 18.0 Å². The number of hydrogen-bond donors (Lipinski definition) is 1. The Morgan fingerprint density at radius 3 is 2.31 bits per heavy atom. The fourth-order valence-electron chi connectivity index (χ4n) is 2.21. The van der Waals surface area contributed by atoms with E-state index in [0.29, 0.717) is 18.0 Å². The average Bonchev–Trinajstić information content (AvgIpc) is 2.26. The molecule has 1 aliphatic rings. The third-order valence-corrected chi connectivity index (χ3v) is 3.20. The molecule has 4 heteroatoms. The molecular formula is C12H20N4. The smallest absolute Gasteiger partial charge is 0.237 e. The lowest BCUT2D eigenvalue weighted by Gasteiger charge is -2.38. The van der Waals surface area contributed by atoms with Crippen molar-refractivity contribution in [2.45, 2.75) is 52.1 Å². The summed E-state index contributed by atoms with van der Waals surface area (Å²) < 4.78 is 0. The Hall–Kier alpha value is -1.16. The quantitative estimate of drug-likeness (QED) is 0.830. The summed E-state index contributed by atoms with van der Waals surface area (Å²) in [5.74, 6) is 0.700. The molecule has 1 fully saturated rings. The van der Waals surface area contributed by atoms with Gasteiger partial charge in [-0.1, -0.05) is 6.42 Å². The molecule has 2 rings (SSSR count). The van der Waals surface area contributed by atoms with E-state index in [1.807, 2.05) is 19.3 Å². The summed E-state index contributed by atoms with van der Waals surface area (Å²) >= 11 is 0. The van der Waals surface area contributed by atoms with Crippen LogP contribution in [0.3, 0.4) is 0 Å². The number of nitrogens with zero attached hydrogens (tertiary/aromatic N) is 3. The van der Waals surface area contributed by atoms with E-state index in [-0.39, 0.29) is 0 Å². The van der Waals surface area contributed by atoms with Gasteiger partial charge in [-0.15, -0.1) is 0 Å². The second-order valence-corrected chi connectivity index (χ2v) is 4.73. The Morgan fingerprint density at radius 1 is 1.19 bits per heavy atom. The largest absolute Gasteiger partial charge is 0.286 e. The maximum atomic E-state index is 4.28. The predicted molar refractivity (Wildman–Crippen MR) is 65.0 cm³/mol. The van der Waals surface area contributed by atoms with Gasteiger partial charge in [-0.25, -0.2) is 15.0 Å². The topological polar surface area (TPSA) is 41.1 Å². The molecule has 1 aromatic rings. The lowest BCUT2D eigenvalue weighted by molar-refractivity contribution is 0.134. The van der Waals surface area contributed by atoms with Gasteiger partial charge >= 0.3 is 0 Å². The maximum Gasteiger partial charge on any atom is 0.237 e. The molecule has 0 aromatic carbocycles. The van der Waals surface area contributed by atoms with Crippen LogP contribution in [0.25, 0.3) is 0 Å². The van der Waals surface area contributed by atoms with Crippen LogP contribution >= 0.6 is 0 Å². The summed E-state index contributed by atoms with van der Waals surface area (Å²) in [6, 6.07) is 1.10. The summed E-state index contributed by atoms with van der Waals surface area (Å²) in [7, 11) is 0. The molecule has 1 aromatic heterocycles. The molecule has 1 aliphatic heterocycles. The minimum atomic E-state index is 0.550. The van der Waals surface area contributed by atoms with Crippen molar-refractivity contribution in [2.75, 3.05) is 5.43 Å². The summed E-state index contributed by atoms with van der Waals surface area (Å²) in [6.07, 6.45) is 7.48. The second kappa shape index (κ2) is 4.78. The van der Waals surface area contributed by atoms with E-state index >= 15 is 0 Å². The zero-order chi connectivity index (χ0) is 11.5. The van der Waals surface area contributed by atoms with E-state index in [1.54, 1.807) is 0 Å². The lowest BCUT2D eigenvalue weighted by atomic mass is 10.00. The molecule has 0 spiro atoms. The van der Waals surface area contributed by atoms with E-state index in [2.05, 4.69) is 34.3 Å². The molecule has 0 saturated carbocycles. The monoisotopic (exact) mass is 220 g/mol. The summed E-state index contributed by atoms with van der Waals surface area (Å²) in [5.41, 5.74) is 4.41. The first kappa shape index (κ1) is 11.3. The van der Waals surface area contributed by atoms with Crippen molar-refractivity contribution < 1.29 is 0 Å². The first-order valence-corrected chi connectivity index (χ1v) is 6.00. The minimum Gasteiger partial charge on any atom is -0.286 e. The van der Waals surface area contributed by atoms with Crippen molar-refractivity contribution in [3.8, 4) is 0 Å². The van der Waals surface area contributed by atoms with Crippen LogP contribution in [0.1, 0.15) is 38.7 Å². The molecule has 88 valence electrons. The summed E-state index contributed by atoms with van der Waals surface area (Å²) in [4.78, 5) is 8.55. The van der Waals surface area contributed by atoms with Crippen LogP contribution in [0.4, 0.5) is 5.95 Å². The molecule has 1 N–H and O–H groups in total. The van der Waals surface area contributed by atoms with E-state index in [1.165, 1.54) is 19.3 Å². The Morgan fingerprint density at radius 2 is 1.75 bits per heavy atom. The number of hydrazine groups is 1. The van der Waals surface area contributed by atoms with Crippen molar-refractivity contribution in [1.29, 1.82) is 0 Å². The van der Waals surface area contributed by atoms with Crippen LogP contribution in [0.15, 0.2) is 12.4 Å². The SMILES string of the molecule is Cc1cnc(NN2C(C)CCCC2C)nc1. The molecule has 2 unspecified atom stereocenters. The number of rotatable bonds is 2. The Labute approximate surface area is 97.1 Å². The Bertz CT molecular complexity index is 325. The fourth-order valence-corrected chi connectivity index (χ4v) is 2.21. The van der Waals surface area contributed by atoms with E-state index in [0.717, 1.165) is 5.56 Å². The maximum absolute atomic E-state index is 4.28. The van der Waals surface area contributed by atoms with Crippen LogP contribution in [0.2, 0.25) is 0 Å². The molecule has 0 bridgehead atoms. The zero-order valence-electron chi connectivity index (χ0n) is 10.3. The van der Waals surface area contributed by atoms with Gasteiger partial charge in [0.25, 0.3) is 0 Å². The van der Waals surface area contributed by atoms with Gasteiger partial charge in [0.05, 0.1) is 0 Å². The lowest BCUT2D eigenvalue weighted by Crippen LogP contribution is -2.47. The Kier molecular flexibility index (Phi) is 3.39. The van der Waals surface area contributed by atoms with E-state index < -0.39 is 0 Å². The first-order chi connectivity index (χ1) is 7.66. The number of piperidine rings is 1. The highest BCUT2D eigenvalue weighted by molar-refractivity contribution is 5.23. The zero-order valence-corrected chi connectivity index (χ0v) is 10.3. The molecule has 0 aliphatic carbocycles. The number of aryl methyl sites for hydroxylation is 1. The fraction of sp³-hybridized carbons (Fsp3) is 0.667. The van der Waals surface area contributed by atoms with Crippen molar-refractivity contribution in [2.24, 2.45) is 0 Å². The molecule has 0 radical (unpaired) electrons. The second-order valence-electron chi connectivity index (χ2n) is 4.73. The van der Waals surface area contributed by atoms with Crippen molar-refractivity contribution in [1.82, 2.24) is 15.0 Å². The average molecular weight is 220 g/mol.